The van der Waals surface area contributed by atoms with Crippen LogP contribution in [0.4, 0.5) is 10.1 Å². The number of rotatable bonds is 7. The molecule has 33 heavy (non-hydrogen) atoms. The van der Waals surface area contributed by atoms with Crippen LogP contribution in [0.5, 0.6) is 0 Å². The number of anilines is 1. The third-order valence-electron chi connectivity index (χ3n) is 5.36. The summed E-state index contributed by atoms with van der Waals surface area (Å²) in [6.45, 7) is 12.1. The molecule has 2 heterocycles. The van der Waals surface area contributed by atoms with Crippen LogP contribution in [0.3, 0.4) is 0 Å². The first-order valence-electron chi connectivity index (χ1n) is 10.8. The summed E-state index contributed by atoms with van der Waals surface area (Å²) < 4.78 is 13.7. The highest BCUT2D eigenvalue weighted by atomic mass is 19.1. The molecular formula is C24H30FN4O4-. The van der Waals surface area contributed by atoms with E-state index < -0.39 is 11.8 Å². The number of aromatic amines is 1. The lowest BCUT2D eigenvalue weighted by molar-refractivity contribution is -0.302. The first-order chi connectivity index (χ1) is 15.6. The summed E-state index contributed by atoms with van der Waals surface area (Å²) in [5.41, 5.74) is 4.20. The van der Waals surface area contributed by atoms with Gasteiger partial charge in [-0.3, -0.25) is 9.59 Å². The third kappa shape index (κ3) is 6.52. The Balaban J connectivity index is 0.000000890. The molecule has 9 heteroatoms. The Hall–Kier alpha value is -3.46. The van der Waals surface area contributed by atoms with Crippen molar-refractivity contribution in [2.75, 3.05) is 31.5 Å². The Morgan fingerprint density at radius 2 is 1.85 bits per heavy atom. The highest BCUT2D eigenvalue weighted by Crippen LogP contribution is 2.34. The van der Waals surface area contributed by atoms with E-state index in [0.717, 1.165) is 37.8 Å². The van der Waals surface area contributed by atoms with Gasteiger partial charge in [-0.25, -0.2) is 4.39 Å². The van der Waals surface area contributed by atoms with Gasteiger partial charge in [-0.05, 0) is 63.7 Å². The van der Waals surface area contributed by atoms with Crippen LogP contribution in [0.1, 0.15) is 53.6 Å². The van der Waals surface area contributed by atoms with E-state index >= 15 is 0 Å². The number of nitrogens with zero attached hydrogens (tertiary/aromatic N) is 1. The monoisotopic (exact) mass is 457 g/mol. The summed E-state index contributed by atoms with van der Waals surface area (Å²) in [6.07, 6.45) is 1.68. The number of aryl methyl sites for hydroxylation is 1. The predicted molar refractivity (Wildman–Crippen MR) is 124 cm³/mol. The van der Waals surface area contributed by atoms with E-state index in [-0.39, 0.29) is 11.8 Å². The molecule has 3 N–H and O–H groups in total. The highest BCUT2D eigenvalue weighted by molar-refractivity contribution is 6.34. The van der Waals surface area contributed by atoms with Gasteiger partial charge >= 0.3 is 0 Å². The van der Waals surface area contributed by atoms with E-state index in [2.05, 4.69) is 34.4 Å². The molecule has 2 aromatic rings. The number of fused-ring (bicyclic) bond motifs is 1. The molecule has 1 aromatic heterocycles. The molecule has 1 aromatic carbocycles. The average Bonchev–Trinajstić information content (AvgIpc) is 3.20. The first-order valence-corrected chi connectivity index (χ1v) is 10.8. The van der Waals surface area contributed by atoms with E-state index in [9.17, 15) is 14.0 Å². The van der Waals surface area contributed by atoms with Crippen molar-refractivity contribution in [1.29, 1.82) is 0 Å². The fourth-order valence-corrected chi connectivity index (χ4v) is 3.66. The topological polar surface area (TPSA) is 117 Å². The summed E-state index contributed by atoms with van der Waals surface area (Å²) in [4.78, 5) is 39.4. The van der Waals surface area contributed by atoms with Crippen molar-refractivity contribution in [3.8, 4) is 0 Å². The van der Waals surface area contributed by atoms with Crippen LogP contribution in [0.15, 0.2) is 18.2 Å². The number of nitrogens with one attached hydrogen (secondary N) is 3. The van der Waals surface area contributed by atoms with Crippen molar-refractivity contribution in [3.63, 3.8) is 0 Å². The van der Waals surface area contributed by atoms with Gasteiger partial charge in [-0.15, -0.1) is 0 Å². The number of halogens is 1. The predicted octanol–water partition coefficient (Wildman–Crippen LogP) is 2.09. The summed E-state index contributed by atoms with van der Waals surface area (Å²) in [6, 6.07) is 4.20. The Morgan fingerprint density at radius 3 is 2.45 bits per heavy atom. The number of amides is 2. The van der Waals surface area contributed by atoms with Crippen molar-refractivity contribution in [3.05, 3.63) is 52.1 Å². The molecule has 0 bridgehead atoms. The van der Waals surface area contributed by atoms with Crippen molar-refractivity contribution < 1.29 is 23.9 Å². The Kier molecular flexibility index (Phi) is 8.93. The molecule has 0 radical (unpaired) electrons. The minimum Gasteiger partial charge on any atom is -0.550 e. The number of benzene rings is 1. The maximum atomic E-state index is 13.7. The molecule has 2 amide bonds. The fourth-order valence-electron chi connectivity index (χ4n) is 3.66. The number of hydrogen-bond donors (Lipinski definition) is 3. The normalized spacial score (nSPS) is 13.4. The van der Waals surface area contributed by atoms with E-state index in [0.29, 0.717) is 34.6 Å². The number of carboxylic acids is 1. The number of carboxylic acid groups (broad SMARTS) is 1. The number of aliphatic carboxylic acids is 1. The van der Waals surface area contributed by atoms with Crippen molar-refractivity contribution in [1.82, 2.24) is 15.2 Å². The molecular weight excluding hydrogens is 427 g/mol. The highest BCUT2D eigenvalue weighted by Gasteiger charge is 2.26. The Bertz CT molecular complexity index is 1070. The number of likely N-dealkylation sites (N-methyl/N-ethyl adjacent to an activating group) is 1. The minimum atomic E-state index is -1.08. The molecule has 0 spiro atoms. The van der Waals surface area contributed by atoms with Crippen LogP contribution in [0, 0.1) is 19.7 Å². The van der Waals surface area contributed by atoms with Crippen LogP contribution in [-0.4, -0.2) is 53.8 Å². The lowest BCUT2D eigenvalue weighted by Crippen LogP contribution is -2.35. The van der Waals surface area contributed by atoms with Gasteiger partial charge in [-0.2, -0.15) is 0 Å². The largest absolute Gasteiger partial charge is 0.550 e. The Morgan fingerprint density at radius 1 is 1.21 bits per heavy atom. The third-order valence-corrected chi connectivity index (χ3v) is 5.36. The molecule has 1 aliphatic heterocycles. The summed E-state index contributed by atoms with van der Waals surface area (Å²) >= 11 is 0. The summed E-state index contributed by atoms with van der Waals surface area (Å²) in [7, 11) is 0. The zero-order valence-electron chi connectivity index (χ0n) is 19.6. The van der Waals surface area contributed by atoms with Gasteiger partial charge < -0.3 is 30.4 Å². The number of carbonyl (C=O) groups is 3. The maximum absolute atomic E-state index is 13.7. The second-order valence-electron chi connectivity index (χ2n) is 7.64. The number of aromatic nitrogens is 1. The lowest BCUT2D eigenvalue weighted by atomic mass is 10.0. The van der Waals surface area contributed by atoms with Crippen LogP contribution >= 0.6 is 0 Å². The van der Waals surface area contributed by atoms with E-state index in [1.807, 2.05) is 13.8 Å². The second-order valence-corrected chi connectivity index (χ2v) is 7.64. The van der Waals surface area contributed by atoms with Gasteiger partial charge in [-0.1, -0.05) is 13.8 Å². The molecule has 8 nitrogen and oxygen atoms in total. The second kappa shape index (κ2) is 11.4. The molecule has 178 valence electrons. The molecule has 1 aliphatic rings. The average molecular weight is 458 g/mol. The van der Waals surface area contributed by atoms with Crippen molar-refractivity contribution in [2.45, 2.75) is 34.6 Å². The smallest absolute Gasteiger partial charge is 0.256 e. The first kappa shape index (κ1) is 25.8. The molecule has 0 atom stereocenters. The van der Waals surface area contributed by atoms with Crippen LogP contribution in [-0.2, 0) is 9.59 Å². The maximum Gasteiger partial charge on any atom is 0.256 e. The molecule has 0 aliphatic carbocycles. The Labute approximate surface area is 192 Å². The standard InChI is InChI=1S/C22H27FN4O2.C2H4O2/c1-5-27(6-2)10-9-24-22(29)20-13(3)19(25-14(20)4)12-17-16-11-15(23)7-8-18(16)26-21(17)28;1-2(3)4/h7-8,11-12,25H,5-6,9-10H2,1-4H3,(H,24,29)(H,26,28);1H3,(H,3,4)/p-1/b17-12-;. The van der Waals surface area contributed by atoms with E-state index in [4.69, 9.17) is 9.90 Å². The van der Waals surface area contributed by atoms with Gasteiger partial charge in [0, 0.05) is 41.7 Å². The fraction of sp³-hybridized carbons (Fsp3) is 0.375. The van der Waals surface area contributed by atoms with E-state index in [1.54, 1.807) is 12.1 Å². The molecule has 0 fully saturated rings. The van der Waals surface area contributed by atoms with Gasteiger partial charge in [0.05, 0.1) is 11.1 Å². The number of carbonyl (C=O) groups excluding carboxylic acids is 3. The SMILES string of the molecule is CC(=O)[O-].CCN(CC)CCNC(=O)c1c(C)[nH]c(/C=C2\C(=O)Nc3ccc(F)cc32)c1C. The zero-order chi connectivity index (χ0) is 24.7. The minimum absolute atomic E-state index is 0.143. The van der Waals surface area contributed by atoms with Crippen LogP contribution in [0.25, 0.3) is 11.6 Å². The molecule has 3 rings (SSSR count). The quantitative estimate of drug-likeness (QED) is 0.551. The molecule has 0 saturated carbocycles. The lowest BCUT2D eigenvalue weighted by Gasteiger charge is -2.18. The number of hydrogen-bond acceptors (Lipinski definition) is 5. The summed E-state index contributed by atoms with van der Waals surface area (Å²) in [5, 5.41) is 14.6. The van der Waals surface area contributed by atoms with Gasteiger partial charge in [0.2, 0.25) is 0 Å². The molecule has 0 unspecified atom stereocenters. The molecule has 0 saturated heterocycles. The van der Waals surface area contributed by atoms with Crippen LogP contribution < -0.4 is 15.7 Å². The number of H-pyrrole nitrogens is 1. The van der Waals surface area contributed by atoms with Crippen LogP contribution in [0.2, 0.25) is 0 Å². The van der Waals surface area contributed by atoms with E-state index in [1.165, 1.54) is 12.1 Å². The van der Waals surface area contributed by atoms with Crippen molar-refractivity contribution >= 4 is 35.1 Å². The zero-order valence-corrected chi connectivity index (χ0v) is 19.6. The summed E-state index contributed by atoms with van der Waals surface area (Å²) in [5.74, 6) is -1.92. The van der Waals surface area contributed by atoms with Gasteiger partial charge in [0.15, 0.2) is 0 Å². The van der Waals surface area contributed by atoms with Gasteiger partial charge in [0.1, 0.15) is 5.82 Å². The van der Waals surface area contributed by atoms with Gasteiger partial charge in [0.25, 0.3) is 11.8 Å². The van der Waals surface area contributed by atoms with Crippen molar-refractivity contribution in [2.24, 2.45) is 0 Å².